The van der Waals surface area contributed by atoms with Gasteiger partial charge in [-0.25, -0.2) is 13.2 Å². The molecule has 0 aliphatic heterocycles. The highest BCUT2D eigenvalue weighted by atomic mass is 32.2. The van der Waals surface area contributed by atoms with Crippen molar-refractivity contribution in [1.29, 1.82) is 0 Å². The second-order valence-electron chi connectivity index (χ2n) is 10.6. The fourth-order valence-electron chi connectivity index (χ4n) is 4.27. The highest BCUT2D eigenvalue weighted by Gasteiger charge is 2.21. The second kappa shape index (κ2) is 11.4. The maximum absolute atomic E-state index is 13.2. The molecule has 0 radical (unpaired) electrons. The monoisotopic (exact) mass is 562 g/mol. The third-order valence-corrected chi connectivity index (χ3v) is 7.71. The van der Waals surface area contributed by atoms with Crippen molar-refractivity contribution in [2.45, 2.75) is 44.9 Å². The lowest BCUT2D eigenvalue weighted by molar-refractivity contribution is -0.118. The molecule has 0 aliphatic rings. The van der Waals surface area contributed by atoms with Gasteiger partial charge in [-0.1, -0.05) is 62.7 Å². The molecule has 2 amide bonds. The quantitative estimate of drug-likeness (QED) is 0.212. The number of benzene rings is 3. The van der Waals surface area contributed by atoms with Gasteiger partial charge in [0.15, 0.2) is 0 Å². The Kier molecular flexibility index (Phi) is 8.20. The zero-order valence-electron chi connectivity index (χ0n) is 23.2. The molecule has 1 aromatic heterocycles. The first-order valence-electron chi connectivity index (χ1n) is 12.9. The van der Waals surface area contributed by atoms with Crippen molar-refractivity contribution in [2.24, 2.45) is 0 Å². The SMILES string of the molecule is CC(=O)NCCNC(=O)Oc1[nH]c2ccc(NS(=O)(=O)c3ccc(C(C)(C)C)cc3)cc2c1-c1cccc(C)c1. The predicted octanol–water partition coefficient (Wildman–Crippen LogP) is 5.47. The van der Waals surface area contributed by atoms with Crippen molar-refractivity contribution in [1.82, 2.24) is 15.6 Å². The van der Waals surface area contributed by atoms with Crippen LogP contribution in [0.25, 0.3) is 22.0 Å². The molecule has 4 aromatic rings. The minimum absolute atomic E-state index is 0.0939. The summed E-state index contributed by atoms with van der Waals surface area (Å²) in [5.41, 5.74) is 4.39. The third-order valence-electron chi connectivity index (χ3n) is 6.32. The van der Waals surface area contributed by atoms with Gasteiger partial charge in [0.25, 0.3) is 10.0 Å². The van der Waals surface area contributed by atoms with Crippen LogP contribution in [-0.2, 0) is 20.2 Å². The minimum atomic E-state index is -3.85. The highest BCUT2D eigenvalue weighted by molar-refractivity contribution is 7.92. The number of rotatable bonds is 8. The second-order valence-corrected chi connectivity index (χ2v) is 12.3. The first-order valence-corrected chi connectivity index (χ1v) is 14.4. The van der Waals surface area contributed by atoms with Crippen molar-refractivity contribution in [2.75, 3.05) is 17.8 Å². The first kappa shape index (κ1) is 28.7. The van der Waals surface area contributed by atoms with Gasteiger partial charge >= 0.3 is 6.09 Å². The van der Waals surface area contributed by atoms with Crippen molar-refractivity contribution in [3.63, 3.8) is 0 Å². The van der Waals surface area contributed by atoms with Crippen LogP contribution in [-0.4, -0.2) is 38.5 Å². The normalized spacial score (nSPS) is 11.7. The summed E-state index contributed by atoms with van der Waals surface area (Å²) >= 11 is 0. The maximum Gasteiger partial charge on any atom is 0.413 e. The number of fused-ring (bicyclic) bond motifs is 1. The van der Waals surface area contributed by atoms with Gasteiger partial charge in [-0.2, -0.15) is 0 Å². The number of anilines is 1. The predicted molar refractivity (Wildman–Crippen MR) is 157 cm³/mol. The molecule has 0 aliphatic carbocycles. The Hall–Kier alpha value is -4.31. The zero-order chi connectivity index (χ0) is 29.1. The molecule has 1 heterocycles. The van der Waals surface area contributed by atoms with Crippen LogP contribution >= 0.6 is 0 Å². The minimum Gasteiger partial charge on any atom is -0.393 e. The molecule has 0 unspecified atom stereocenters. The number of sulfonamides is 1. The van der Waals surface area contributed by atoms with Crippen molar-refractivity contribution in [3.05, 3.63) is 77.9 Å². The van der Waals surface area contributed by atoms with Gasteiger partial charge in [-0.05, 0) is 53.8 Å². The van der Waals surface area contributed by atoms with E-state index >= 15 is 0 Å². The fraction of sp³-hybridized carbons (Fsp3) is 0.267. The number of H-pyrrole nitrogens is 1. The Labute approximate surface area is 234 Å². The number of ether oxygens (including phenoxy) is 1. The number of hydrogen-bond donors (Lipinski definition) is 4. The highest BCUT2D eigenvalue weighted by Crippen LogP contribution is 2.39. The number of aromatic amines is 1. The molecule has 10 heteroatoms. The Bertz CT molecular complexity index is 1650. The van der Waals surface area contributed by atoms with E-state index in [0.29, 0.717) is 22.2 Å². The van der Waals surface area contributed by atoms with E-state index < -0.39 is 16.1 Å². The average molecular weight is 563 g/mol. The molecule has 210 valence electrons. The number of amides is 2. The van der Waals surface area contributed by atoms with Crippen molar-refractivity contribution >= 4 is 38.6 Å². The Morgan fingerprint density at radius 3 is 2.27 bits per heavy atom. The van der Waals surface area contributed by atoms with E-state index in [4.69, 9.17) is 4.74 Å². The largest absolute Gasteiger partial charge is 0.413 e. The molecule has 4 rings (SSSR count). The lowest BCUT2D eigenvalue weighted by atomic mass is 9.87. The summed E-state index contributed by atoms with van der Waals surface area (Å²) in [5, 5.41) is 5.89. The molecule has 0 fully saturated rings. The molecule has 0 atom stereocenters. The summed E-state index contributed by atoms with van der Waals surface area (Å²) in [6.07, 6.45) is -0.689. The third kappa shape index (κ3) is 6.81. The lowest BCUT2D eigenvalue weighted by Gasteiger charge is -2.19. The van der Waals surface area contributed by atoms with E-state index in [0.717, 1.165) is 16.7 Å². The fourth-order valence-corrected chi connectivity index (χ4v) is 5.32. The van der Waals surface area contributed by atoms with Crippen LogP contribution in [0.2, 0.25) is 0 Å². The number of aromatic nitrogens is 1. The van der Waals surface area contributed by atoms with Crippen molar-refractivity contribution < 1.29 is 22.7 Å². The van der Waals surface area contributed by atoms with Crippen LogP contribution in [0.15, 0.2) is 71.6 Å². The van der Waals surface area contributed by atoms with E-state index in [2.05, 4.69) is 41.1 Å². The topological polar surface area (TPSA) is 129 Å². The molecule has 0 saturated heterocycles. The molecule has 3 aromatic carbocycles. The molecule has 9 nitrogen and oxygen atoms in total. The van der Waals surface area contributed by atoms with Gasteiger partial charge in [-0.3, -0.25) is 9.52 Å². The summed E-state index contributed by atoms with van der Waals surface area (Å²) in [4.78, 5) is 26.9. The summed E-state index contributed by atoms with van der Waals surface area (Å²) in [6, 6.07) is 19.7. The maximum atomic E-state index is 13.2. The van der Waals surface area contributed by atoms with Crippen LogP contribution in [0.5, 0.6) is 5.88 Å². The van der Waals surface area contributed by atoms with Crippen LogP contribution < -0.4 is 20.1 Å². The number of nitrogens with one attached hydrogen (secondary N) is 4. The van der Waals surface area contributed by atoms with Gasteiger partial charge in [-0.15, -0.1) is 0 Å². The summed E-state index contributed by atoms with van der Waals surface area (Å²) in [5.74, 6) is 0.0243. The Balaban J connectivity index is 1.66. The van der Waals surface area contributed by atoms with Crippen LogP contribution in [0.4, 0.5) is 10.5 Å². The smallest absolute Gasteiger partial charge is 0.393 e. The van der Waals surface area contributed by atoms with E-state index in [1.807, 2.05) is 43.3 Å². The molecule has 40 heavy (non-hydrogen) atoms. The molecular weight excluding hydrogens is 528 g/mol. The first-order chi connectivity index (χ1) is 18.8. The molecular formula is C30H34N4O5S. The van der Waals surface area contributed by atoms with Gasteiger partial charge in [0.2, 0.25) is 11.8 Å². The van der Waals surface area contributed by atoms with E-state index in [1.54, 1.807) is 30.3 Å². The van der Waals surface area contributed by atoms with Gasteiger partial charge in [0.05, 0.1) is 10.5 Å². The average Bonchev–Trinajstić information content (AvgIpc) is 3.22. The van der Waals surface area contributed by atoms with Gasteiger partial charge < -0.3 is 20.4 Å². The molecule has 4 N–H and O–H groups in total. The van der Waals surface area contributed by atoms with Crippen LogP contribution in [0.3, 0.4) is 0 Å². The van der Waals surface area contributed by atoms with Gasteiger partial charge in [0.1, 0.15) is 0 Å². The molecule has 0 spiro atoms. The Morgan fingerprint density at radius 1 is 0.925 bits per heavy atom. The summed E-state index contributed by atoms with van der Waals surface area (Å²) in [7, 11) is -3.85. The standard InChI is InChI=1S/C30H34N4O5S/c1-19-7-6-8-21(17-19)27-25-18-23(34-40(37,38)24-12-9-22(10-13-24)30(3,4)5)11-14-26(25)33-28(27)39-29(36)32-16-15-31-20(2)35/h6-14,17-18,33-34H,15-16H2,1-5H3,(H,31,35)(H,32,36). The Morgan fingerprint density at radius 2 is 1.62 bits per heavy atom. The van der Waals surface area contributed by atoms with Crippen LogP contribution in [0.1, 0.15) is 38.8 Å². The summed E-state index contributed by atoms with van der Waals surface area (Å²) in [6.45, 7) is 10.0. The van der Waals surface area contributed by atoms with E-state index in [-0.39, 0.29) is 35.2 Å². The number of carbonyl (C=O) groups is 2. The van der Waals surface area contributed by atoms with Gasteiger partial charge in [0, 0.05) is 36.6 Å². The molecule has 0 bridgehead atoms. The summed E-state index contributed by atoms with van der Waals surface area (Å²) < 4.78 is 34.7. The number of hydrogen-bond acceptors (Lipinski definition) is 5. The zero-order valence-corrected chi connectivity index (χ0v) is 24.0. The lowest BCUT2D eigenvalue weighted by Crippen LogP contribution is -2.35. The number of aryl methyl sites for hydroxylation is 1. The van der Waals surface area contributed by atoms with E-state index in [1.165, 1.54) is 6.92 Å². The van der Waals surface area contributed by atoms with Crippen LogP contribution in [0, 0.1) is 6.92 Å². The van der Waals surface area contributed by atoms with E-state index in [9.17, 15) is 18.0 Å². The van der Waals surface area contributed by atoms with Crippen molar-refractivity contribution in [3.8, 4) is 17.0 Å². The number of carbonyl (C=O) groups excluding carboxylic acids is 2. The molecule has 0 saturated carbocycles.